The summed E-state index contributed by atoms with van der Waals surface area (Å²) in [6, 6.07) is 14.0. The zero-order valence-corrected chi connectivity index (χ0v) is 27.7. The fourth-order valence-electron chi connectivity index (χ4n) is 4.00. The predicted molar refractivity (Wildman–Crippen MR) is 181 cm³/mol. The molecule has 0 bridgehead atoms. The molecule has 0 aromatic heterocycles. The van der Waals surface area contributed by atoms with Crippen molar-refractivity contribution in [3.05, 3.63) is 88.6 Å². The van der Waals surface area contributed by atoms with E-state index in [2.05, 4.69) is 66.0 Å². The first kappa shape index (κ1) is 37.7. The molecule has 2 N–H and O–H groups in total. The number of methoxy groups -OCH3 is 1. The van der Waals surface area contributed by atoms with Crippen molar-refractivity contribution in [2.45, 2.75) is 33.6 Å². The molecule has 1 amide bonds. The Morgan fingerprint density at radius 2 is 1.91 bits per heavy atom. The number of hydrogen-bond donors (Lipinski definition) is 2. The van der Waals surface area contributed by atoms with Gasteiger partial charge in [0.1, 0.15) is 12.5 Å². The van der Waals surface area contributed by atoms with E-state index in [1.165, 1.54) is 16.8 Å². The number of likely N-dealkylation sites (N-methyl/N-ethyl adjacent to an activating group) is 2. The summed E-state index contributed by atoms with van der Waals surface area (Å²) in [7, 11) is 7.79. The van der Waals surface area contributed by atoms with Gasteiger partial charge in [-0.2, -0.15) is 0 Å². The molecule has 2 aromatic carbocycles. The molecule has 4 rings (SSSR count). The third kappa shape index (κ3) is 15.1. The molecule has 9 heteroatoms. The summed E-state index contributed by atoms with van der Waals surface area (Å²) in [6.07, 6.45) is 11.1. The number of aryl methyl sites for hydroxylation is 1. The topological polar surface area (TPSA) is 77.5 Å². The molecule has 1 aliphatic carbocycles. The molecule has 0 saturated heterocycles. The Bertz CT molecular complexity index is 1150. The highest BCUT2D eigenvalue weighted by molar-refractivity contribution is 6.31. The molecule has 0 radical (unpaired) electrons. The number of benzene rings is 2. The van der Waals surface area contributed by atoms with Gasteiger partial charge in [0.25, 0.3) is 0 Å². The van der Waals surface area contributed by atoms with Crippen molar-refractivity contribution in [2.24, 2.45) is 0 Å². The Hall–Kier alpha value is -3.30. The number of ether oxygens (including phenoxy) is 2. The van der Waals surface area contributed by atoms with Gasteiger partial charge in [0.2, 0.25) is 6.41 Å². The average molecular weight is 615 g/mol. The lowest BCUT2D eigenvalue weighted by Crippen LogP contribution is -2.29. The maximum absolute atomic E-state index is 10.6. The van der Waals surface area contributed by atoms with Crippen LogP contribution in [-0.2, 0) is 16.0 Å². The van der Waals surface area contributed by atoms with E-state index in [1.54, 1.807) is 12.0 Å². The lowest BCUT2D eigenvalue weighted by molar-refractivity contribution is -0.107. The van der Waals surface area contributed by atoms with Gasteiger partial charge in [-0.3, -0.25) is 4.79 Å². The Morgan fingerprint density at radius 3 is 2.51 bits per heavy atom. The number of carbonyl (C=O) groups excluding carboxylic acids is 1. The molecule has 0 saturated carbocycles. The number of hydrogen-bond acceptors (Lipinski definition) is 7. The second-order valence-electron chi connectivity index (χ2n) is 9.90. The van der Waals surface area contributed by atoms with E-state index in [0.29, 0.717) is 6.61 Å². The fourth-order valence-corrected chi connectivity index (χ4v) is 4.20. The van der Waals surface area contributed by atoms with E-state index in [0.717, 1.165) is 67.6 Å². The van der Waals surface area contributed by atoms with Crippen molar-refractivity contribution >= 4 is 29.4 Å². The highest BCUT2D eigenvalue weighted by Gasteiger charge is 2.17. The SMILES string of the molecule is CCN(C)CCN(C)C1=CC(Cl)=CCC=C1.CCOCO.CNc1cccc(OC)c1.Cc1ccc2c(c1)CCN2C=O. The van der Waals surface area contributed by atoms with E-state index in [4.69, 9.17) is 21.4 Å². The van der Waals surface area contributed by atoms with Gasteiger partial charge in [-0.25, -0.2) is 0 Å². The maximum atomic E-state index is 10.6. The third-order valence-corrected chi connectivity index (χ3v) is 7.03. The quantitative estimate of drug-likeness (QED) is 0.249. The third-order valence-electron chi connectivity index (χ3n) is 6.77. The standard InChI is InChI=1S/C13H21ClN2.C10H11NO.C8H11NO.C3H8O2/c1-4-15(2)9-10-16(3)13-8-6-5-7-12(14)11-13;1-8-2-3-10-9(6-8)4-5-11(10)7-12;1-9-7-4-3-5-8(6-7)10-2;1-2-5-3-4/h6-8,11H,4-5,9-10H2,1-3H3;2-3,6-7H,4-5H2,1H3;3-6,9H,1-2H3;4H,2-3H2,1H3. The molecule has 2 aliphatic rings. The summed E-state index contributed by atoms with van der Waals surface area (Å²) in [5, 5.41) is 11.7. The second kappa shape index (κ2) is 22.3. The van der Waals surface area contributed by atoms with Crippen molar-refractivity contribution in [1.82, 2.24) is 9.80 Å². The maximum Gasteiger partial charge on any atom is 0.214 e. The molecule has 1 aliphatic heterocycles. The molecule has 0 atom stereocenters. The number of fused-ring (bicyclic) bond motifs is 1. The van der Waals surface area contributed by atoms with E-state index in [-0.39, 0.29) is 6.79 Å². The molecule has 0 fully saturated rings. The smallest absolute Gasteiger partial charge is 0.214 e. The molecule has 1 heterocycles. The highest BCUT2D eigenvalue weighted by atomic mass is 35.5. The van der Waals surface area contributed by atoms with Crippen LogP contribution in [0.1, 0.15) is 31.4 Å². The minimum Gasteiger partial charge on any atom is -0.497 e. The number of nitrogens with one attached hydrogen (secondary N) is 1. The zero-order valence-electron chi connectivity index (χ0n) is 27.0. The number of rotatable bonds is 10. The normalized spacial score (nSPS) is 13.0. The number of anilines is 2. The van der Waals surface area contributed by atoms with Crippen LogP contribution in [0.5, 0.6) is 5.75 Å². The molecule has 0 spiro atoms. The number of nitrogens with zero attached hydrogens (tertiary/aromatic N) is 3. The summed E-state index contributed by atoms with van der Waals surface area (Å²) < 4.78 is 9.41. The van der Waals surface area contributed by atoms with Crippen molar-refractivity contribution in [2.75, 3.05) is 78.0 Å². The number of allylic oxidation sites excluding steroid dienone is 5. The number of aliphatic hydroxyl groups excluding tert-OH is 1. The predicted octanol–water partition coefficient (Wildman–Crippen LogP) is 6.06. The minimum absolute atomic E-state index is 0.156. The Kier molecular flexibility index (Phi) is 19.5. The monoisotopic (exact) mass is 614 g/mol. The second-order valence-corrected chi connectivity index (χ2v) is 10.3. The number of carbonyl (C=O) groups is 1. The van der Waals surface area contributed by atoms with Crippen molar-refractivity contribution in [3.8, 4) is 5.75 Å². The Morgan fingerprint density at radius 1 is 1.14 bits per heavy atom. The van der Waals surface area contributed by atoms with Crippen LogP contribution in [0.25, 0.3) is 0 Å². The summed E-state index contributed by atoms with van der Waals surface area (Å²) in [6.45, 7) is 10.5. The van der Waals surface area contributed by atoms with Gasteiger partial charge in [0.05, 0.1) is 7.11 Å². The van der Waals surface area contributed by atoms with E-state index in [1.807, 2.05) is 62.5 Å². The van der Waals surface area contributed by atoms with Crippen molar-refractivity contribution < 1.29 is 19.4 Å². The van der Waals surface area contributed by atoms with Gasteiger partial charge in [-0.05, 0) is 76.2 Å². The van der Waals surface area contributed by atoms with E-state index < -0.39 is 0 Å². The Labute approximate surface area is 264 Å². The number of aliphatic hydroxyl groups is 1. The van der Waals surface area contributed by atoms with Gasteiger partial charge >= 0.3 is 0 Å². The van der Waals surface area contributed by atoms with Crippen LogP contribution in [0, 0.1) is 6.92 Å². The minimum atomic E-state index is -0.156. The average Bonchev–Trinajstić information content (AvgIpc) is 3.31. The summed E-state index contributed by atoms with van der Waals surface area (Å²) in [5.74, 6) is 0.881. The highest BCUT2D eigenvalue weighted by Crippen LogP contribution is 2.27. The summed E-state index contributed by atoms with van der Waals surface area (Å²) >= 11 is 6.06. The first-order valence-electron chi connectivity index (χ1n) is 14.7. The Balaban J connectivity index is 0.000000305. The van der Waals surface area contributed by atoms with Gasteiger partial charge in [-0.1, -0.05) is 54.4 Å². The molecule has 2 aromatic rings. The first-order valence-corrected chi connectivity index (χ1v) is 15.1. The summed E-state index contributed by atoms with van der Waals surface area (Å²) in [4.78, 5) is 16.9. The van der Waals surface area contributed by atoms with Crippen LogP contribution in [0.4, 0.5) is 11.4 Å². The van der Waals surface area contributed by atoms with Crippen molar-refractivity contribution in [1.29, 1.82) is 0 Å². The summed E-state index contributed by atoms with van der Waals surface area (Å²) in [5.41, 5.74) is 5.89. The van der Waals surface area contributed by atoms with Gasteiger partial charge in [-0.15, -0.1) is 0 Å². The number of halogens is 1. The van der Waals surface area contributed by atoms with Gasteiger partial charge in [0.15, 0.2) is 0 Å². The molecule has 8 nitrogen and oxygen atoms in total. The zero-order chi connectivity index (χ0) is 32.0. The lowest BCUT2D eigenvalue weighted by Gasteiger charge is -2.23. The first-order chi connectivity index (χ1) is 20.7. The molecule has 238 valence electrons. The fraction of sp³-hybridized carbons (Fsp3) is 0.441. The van der Waals surface area contributed by atoms with Crippen LogP contribution in [0.3, 0.4) is 0 Å². The van der Waals surface area contributed by atoms with Crippen LogP contribution in [0.2, 0.25) is 0 Å². The molecular formula is C34H51ClN4O4. The lowest BCUT2D eigenvalue weighted by atomic mass is 10.1. The molecule has 0 unspecified atom stereocenters. The van der Waals surface area contributed by atoms with Crippen molar-refractivity contribution in [3.63, 3.8) is 0 Å². The van der Waals surface area contributed by atoms with Crippen LogP contribution in [-0.4, -0.2) is 89.1 Å². The van der Waals surface area contributed by atoms with E-state index >= 15 is 0 Å². The van der Waals surface area contributed by atoms with Crippen LogP contribution >= 0.6 is 11.6 Å². The van der Waals surface area contributed by atoms with Gasteiger partial charge in [0, 0.05) is 68.5 Å². The molecular weight excluding hydrogens is 564 g/mol. The van der Waals surface area contributed by atoms with Gasteiger partial charge < -0.3 is 34.6 Å². The van der Waals surface area contributed by atoms with Crippen LogP contribution in [0.15, 0.2) is 77.5 Å². The molecule has 43 heavy (non-hydrogen) atoms. The number of amides is 1. The largest absolute Gasteiger partial charge is 0.497 e. The van der Waals surface area contributed by atoms with E-state index in [9.17, 15) is 4.79 Å². The van der Waals surface area contributed by atoms with Crippen LogP contribution < -0.4 is 15.0 Å².